The molecule has 6 heteroatoms. The van der Waals surface area contributed by atoms with E-state index in [0.29, 0.717) is 16.9 Å². The van der Waals surface area contributed by atoms with Gasteiger partial charge in [0.15, 0.2) is 0 Å². The number of nitrogens with two attached hydrogens (primary N) is 1. The minimum Gasteiger partial charge on any atom is -0.497 e. The number of ether oxygens (including phenoxy) is 1. The van der Waals surface area contributed by atoms with Crippen LogP contribution in [-0.2, 0) is 0 Å². The lowest BCUT2D eigenvalue weighted by atomic mass is 9.90. The number of hydrogen-bond donors (Lipinski definition) is 3. The molecule has 5 nitrogen and oxygen atoms in total. The molecule has 1 aromatic carbocycles. The Kier molecular flexibility index (Phi) is 7.12. The third-order valence-electron chi connectivity index (χ3n) is 3.60. The van der Waals surface area contributed by atoms with Crippen LogP contribution in [0, 0.1) is 6.92 Å². The van der Waals surface area contributed by atoms with Crippen molar-refractivity contribution in [3.05, 3.63) is 17.2 Å². The van der Waals surface area contributed by atoms with Crippen molar-refractivity contribution in [1.29, 1.82) is 0 Å². The van der Waals surface area contributed by atoms with Gasteiger partial charge < -0.3 is 20.7 Å². The van der Waals surface area contributed by atoms with Crippen LogP contribution in [0.4, 0.5) is 5.69 Å². The van der Waals surface area contributed by atoms with E-state index < -0.39 is 11.2 Å². The Labute approximate surface area is 134 Å². The summed E-state index contributed by atoms with van der Waals surface area (Å²) < 4.78 is 5.14. The Morgan fingerprint density at radius 2 is 1.68 bits per heavy atom. The normalized spacial score (nSPS) is 12.0. The van der Waals surface area contributed by atoms with E-state index in [2.05, 4.69) is 4.99 Å². The lowest BCUT2D eigenvalue weighted by molar-refractivity contribution is -0.107. The van der Waals surface area contributed by atoms with Crippen LogP contribution in [0.15, 0.2) is 11.1 Å². The zero-order chi connectivity index (χ0) is 17.7. The maximum atomic E-state index is 9.10. The molecule has 0 unspecified atom stereocenters. The minimum atomic E-state index is -1.01. The van der Waals surface area contributed by atoms with Crippen LogP contribution in [-0.4, -0.2) is 49.6 Å². The molecule has 1 rings (SSSR count). The van der Waals surface area contributed by atoms with Gasteiger partial charge in [0.25, 0.3) is 0 Å². The van der Waals surface area contributed by atoms with Crippen molar-refractivity contribution in [2.24, 2.45) is 4.99 Å². The second-order valence-electron chi connectivity index (χ2n) is 6.13. The number of aliphatic hydroxyl groups is 2. The van der Waals surface area contributed by atoms with E-state index in [9.17, 15) is 0 Å². The van der Waals surface area contributed by atoms with E-state index in [4.69, 9.17) is 28.5 Å². The molecule has 0 aliphatic rings. The maximum absolute atomic E-state index is 9.10. The van der Waals surface area contributed by atoms with Crippen LogP contribution >= 0.6 is 0 Å². The number of nitrogen functional groups attached to an aromatic ring is 1. The number of rotatable bonds is 3. The van der Waals surface area contributed by atoms with Crippen molar-refractivity contribution in [1.82, 2.24) is 0 Å². The first kappa shape index (κ1) is 20.5. The highest BCUT2D eigenvalue weighted by Crippen LogP contribution is 2.23. The SMILES string of the molecule is CC(C)(O)C(C)(C)O.[B]c1cc(C=NC)c(N)c(C)c1OC. The highest BCUT2D eigenvalue weighted by Gasteiger charge is 2.31. The van der Waals surface area contributed by atoms with Crippen molar-refractivity contribution >= 4 is 25.2 Å². The minimum absolute atomic E-state index is 0.578. The smallest absolute Gasteiger partial charge is 0.119 e. The summed E-state index contributed by atoms with van der Waals surface area (Å²) in [7, 11) is 9.05. The van der Waals surface area contributed by atoms with Crippen LogP contribution in [0.25, 0.3) is 0 Å². The van der Waals surface area contributed by atoms with Crippen molar-refractivity contribution in [3.63, 3.8) is 0 Å². The molecule has 0 saturated carbocycles. The Balaban J connectivity index is 0.000000472. The Morgan fingerprint density at radius 1 is 1.23 bits per heavy atom. The number of hydrogen-bond acceptors (Lipinski definition) is 5. The van der Waals surface area contributed by atoms with Gasteiger partial charge in [-0.25, -0.2) is 0 Å². The molecule has 0 bridgehead atoms. The topological polar surface area (TPSA) is 88.1 Å². The first-order valence-corrected chi connectivity index (χ1v) is 6.96. The van der Waals surface area contributed by atoms with Crippen LogP contribution in [0.3, 0.4) is 0 Å². The molecule has 0 heterocycles. The third-order valence-corrected chi connectivity index (χ3v) is 3.60. The molecule has 0 saturated heterocycles. The number of benzene rings is 1. The summed E-state index contributed by atoms with van der Waals surface area (Å²) >= 11 is 0. The molecule has 2 radical (unpaired) electrons. The van der Waals surface area contributed by atoms with Gasteiger partial charge in [0.2, 0.25) is 0 Å². The van der Waals surface area contributed by atoms with Crippen LogP contribution < -0.4 is 15.9 Å². The van der Waals surface area contributed by atoms with Crippen molar-refractivity contribution in [2.45, 2.75) is 45.8 Å². The van der Waals surface area contributed by atoms with E-state index in [1.54, 1.807) is 54.1 Å². The van der Waals surface area contributed by atoms with E-state index in [1.165, 1.54) is 0 Å². The van der Waals surface area contributed by atoms with Gasteiger partial charge in [-0.2, -0.15) is 0 Å². The second-order valence-corrected chi connectivity index (χ2v) is 6.13. The molecule has 22 heavy (non-hydrogen) atoms. The first-order chi connectivity index (χ1) is 9.86. The van der Waals surface area contributed by atoms with Gasteiger partial charge in [-0.05, 0) is 34.6 Å². The molecule has 0 atom stereocenters. The third kappa shape index (κ3) is 5.35. The Hall–Kier alpha value is -1.53. The summed E-state index contributed by atoms with van der Waals surface area (Å²) in [4.78, 5) is 3.90. The van der Waals surface area contributed by atoms with Crippen molar-refractivity contribution < 1.29 is 14.9 Å². The Morgan fingerprint density at radius 3 is 2.00 bits per heavy atom. The molecule has 0 fully saturated rings. The predicted octanol–water partition coefficient (Wildman–Crippen LogP) is 0.957. The van der Waals surface area contributed by atoms with Gasteiger partial charge in [0, 0.05) is 30.1 Å². The van der Waals surface area contributed by atoms with E-state index in [-0.39, 0.29) is 0 Å². The monoisotopic (exact) mass is 306 g/mol. The fraction of sp³-hybridized carbons (Fsp3) is 0.562. The van der Waals surface area contributed by atoms with Gasteiger partial charge in [0.05, 0.1) is 18.3 Å². The standard InChI is InChI=1S/C10H13BN2O.C6H14O2/c1-6-9(12)7(5-13-2)4-8(11)10(6)14-3;1-5(2,7)6(3,4)8/h4-5H,12H2,1-3H3;7-8H,1-4H3. The summed E-state index contributed by atoms with van der Waals surface area (Å²) in [5.41, 5.74) is 6.78. The second kappa shape index (κ2) is 7.65. The maximum Gasteiger partial charge on any atom is 0.119 e. The number of aliphatic imine (C=N–C) groups is 1. The molecule has 0 aliphatic carbocycles. The molecular formula is C16H27BN2O3. The zero-order valence-corrected chi connectivity index (χ0v) is 14.6. The van der Waals surface area contributed by atoms with Crippen molar-refractivity contribution in [3.8, 4) is 5.75 Å². The van der Waals surface area contributed by atoms with Gasteiger partial charge in [-0.3, -0.25) is 4.99 Å². The zero-order valence-electron chi connectivity index (χ0n) is 14.6. The molecule has 0 aliphatic heterocycles. The largest absolute Gasteiger partial charge is 0.497 e. The van der Waals surface area contributed by atoms with Crippen LogP contribution in [0.2, 0.25) is 0 Å². The van der Waals surface area contributed by atoms with Crippen LogP contribution in [0.5, 0.6) is 5.75 Å². The fourth-order valence-corrected chi connectivity index (χ4v) is 1.38. The van der Waals surface area contributed by atoms with E-state index >= 15 is 0 Å². The molecular weight excluding hydrogens is 279 g/mol. The van der Waals surface area contributed by atoms with Crippen LogP contribution in [0.1, 0.15) is 38.8 Å². The molecule has 4 N–H and O–H groups in total. The molecule has 0 spiro atoms. The van der Waals surface area contributed by atoms with E-state index in [0.717, 1.165) is 11.1 Å². The predicted molar refractivity (Wildman–Crippen MR) is 93.6 cm³/mol. The molecule has 0 aromatic heterocycles. The number of methoxy groups -OCH3 is 1. The first-order valence-electron chi connectivity index (χ1n) is 6.96. The van der Waals surface area contributed by atoms with Gasteiger partial charge >= 0.3 is 0 Å². The lowest BCUT2D eigenvalue weighted by Crippen LogP contribution is -2.44. The highest BCUT2D eigenvalue weighted by molar-refractivity contribution is 6.35. The average Bonchev–Trinajstić information content (AvgIpc) is 2.35. The van der Waals surface area contributed by atoms with E-state index in [1.807, 2.05) is 6.92 Å². The highest BCUT2D eigenvalue weighted by atomic mass is 16.5. The quantitative estimate of drug-likeness (QED) is 0.441. The molecule has 122 valence electrons. The summed E-state index contributed by atoms with van der Waals surface area (Å²) in [6.45, 7) is 8.18. The van der Waals surface area contributed by atoms with Gasteiger partial charge in [-0.15, -0.1) is 0 Å². The molecule has 0 amide bonds. The summed E-state index contributed by atoms with van der Waals surface area (Å²) in [6, 6.07) is 1.76. The average molecular weight is 306 g/mol. The molecule has 1 aromatic rings. The fourth-order valence-electron chi connectivity index (χ4n) is 1.38. The summed E-state index contributed by atoms with van der Waals surface area (Å²) in [5.74, 6) is 0.635. The summed E-state index contributed by atoms with van der Waals surface area (Å²) in [6.07, 6.45) is 1.68. The van der Waals surface area contributed by atoms with Gasteiger partial charge in [-0.1, -0.05) is 11.5 Å². The van der Waals surface area contributed by atoms with Crippen molar-refractivity contribution in [2.75, 3.05) is 19.9 Å². The van der Waals surface area contributed by atoms with Gasteiger partial charge in [0.1, 0.15) is 13.6 Å². The number of nitrogens with zero attached hydrogens (tertiary/aromatic N) is 1. The lowest BCUT2D eigenvalue weighted by Gasteiger charge is -2.31. The summed E-state index contributed by atoms with van der Waals surface area (Å²) in [5, 5.41) is 18.2. The Bertz CT molecular complexity index is 518. The number of anilines is 1.